The highest BCUT2D eigenvalue weighted by atomic mass is 35.5. The number of rotatable bonds is 3. The van der Waals surface area contributed by atoms with E-state index in [0.29, 0.717) is 33.2 Å². The summed E-state index contributed by atoms with van der Waals surface area (Å²) < 4.78 is 1.47. The van der Waals surface area contributed by atoms with Gasteiger partial charge in [0, 0.05) is 11.1 Å². The molecule has 1 fully saturated rings. The summed E-state index contributed by atoms with van der Waals surface area (Å²) in [6.45, 7) is 0. The molecule has 0 spiro atoms. The number of nitrogens with one attached hydrogen (secondary N) is 1. The Kier molecular flexibility index (Phi) is 3.66. The fourth-order valence-corrected chi connectivity index (χ4v) is 2.71. The smallest absolute Gasteiger partial charge is 0.168 e. The van der Waals surface area contributed by atoms with Crippen molar-refractivity contribution in [3.05, 3.63) is 33.8 Å². The lowest BCUT2D eigenvalue weighted by molar-refractivity contribution is 0.444. The van der Waals surface area contributed by atoms with Crippen LogP contribution in [0.15, 0.2) is 18.2 Å². The van der Waals surface area contributed by atoms with Gasteiger partial charge in [0.1, 0.15) is 17.5 Å². The molecule has 1 saturated carbocycles. The minimum atomic E-state index is 0.267. The molecule has 0 atom stereocenters. The number of aromatic nitrogens is 2. The Labute approximate surface area is 132 Å². The van der Waals surface area contributed by atoms with Gasteiger partial charge >= 0.3 is 0 Å². The Morgan fingerprint density at radius 1 is 1.38 bits per heavy atom. The zero-order chi connectivity index (χ0) is 15.0. The van der Waals surface area contributed by atoms with Crippen molar-refractivity contribution in [1.29, 1.82) is 5.26 Å². The first-order valence-electron chi connectivity index (χ1n) is 6.60. The summed E-state index contributed by atoms with van der Waals surface area (Å²) in [6, 6.07) is 7.50. The highest BCUT2D eigenvalue weighted by Crippen LogP contribution is 2.31. The van der Waals surface area contributed by atoms with Crippen LogP contribution in [0.2, 0.25) is 10.0 Å². The zero-order valence-corrected chi connectivity index (χ0v) is 12.6. The lowest BCUT2D eigenvalue weighted by Gasteiger charge is -2.26. The fraction of sp³-hybridized carbons (Fsp3) is 0.286. The van der Waals surface area contributed by atoms with E-state index in [1.54, 1.807) is 18.2 Å². The van der Waals surface area contributed by atoms with Gasteiger partial charge in [0.05, 0.1) is 10.7 Å². The van der Waals surface area contributed by atoms with E-state index in [1.165, 1.54) is 11.1 Å². The van der Waals surface area contributed by atoms with E-state index >= 15 is 0 Å². The van der Waals surface area contributed by atoms with Crippen molar-refractivity contribution in [2.45, 2.75) is 25.3 Å². The molecule has 7 heteroatoms. The van der Waals surface area contributed by atoms with E-state index in [-0.39, 0.29) is 5.82 Å². The normalized spacial score (nSPS) is 14.5. The van der Waals surface area contributed by atoms with Crippen LogP contribution in [0.4, 0.5) is 11.6 Å². The summed E-state index contributed by atoms with van der Waals surface area (Å²) in [5.74, 6) is 0.772. The van der Waals surface area contributed by atoms with Gasteiger partial charge in [-0.25, -0.2) is 4.68 Å². The molecule has 1 aromatic heterocycles. The number of nitrogen functional groups attached to an aromatic ring is 1. The third-order valence-electron chi connectivity index (χ3n) is 3.62. The van der Waals surface area contributed by atoms with E-state index < -0.39 is 0 Å². The maximum Gasteiger partial charge on any atom is 0.168 e. The van der Waals surface area contributed by atoms with Crippen molar-refractivity contribution in [2.75, 3.05) is 11.1 Å². The van der Waals surface area contributed by atoms with Crippen LogP contribution in [0.3, 0.4) is 0 Å². The van der Waals surface area contributed by atoms with Gasteiger partial charge in [0.15, 0.2) is 5.82 Å². The molecule has 0 radical (unpaired) electrons. The van der Waals surface area contributed by atoms with Gasteiger partial charge in [-0.2, -0.15) is 5.26 Å². The quantitative estimate of drug-likeness (QED) is 0.905. The second-order valence-electron chi connectivity index (χ2n) is 5.00. The number of nitriles is 1. The van der Waals surface area contributed by atoms with Crippen LogP contribution in [-0.4, -0.2) is 15.8 Å². The average molecular weight is 322 g/mol. The van der Waals surface area contributed by atoms with Gasteiger partial charge in [-0.15, -0.1) is 5.10 Å². The molecular formula is C14H13Cl2N5. The fourth-order valence-electron chi connectivity index (χ4n) is 2.22. The lowest BCUT2D eigenvalue weighted by atomic mass is 9.93. The van der Waals surface area contributed by atoms with Gasteiger partial charge < -0.3 is 11.1 Å². The van der Waals surface area contributed by atoms with Crippen LogP contribution in [0.25, 0.3) is 5.69 Å². The number of benzene rings is 1. The highest BCUT2D eigenvalue weighted by Gasteiger charge is 2.23. The van der Waals surface area contributed by atoms with Gasteiger partial charge in [-0.05, 0) is 37.5 Å². The molecule has 0 amide bonds. The summed E-state index contributed by atoms with van der Waals surface area (Å²) in [7, 11) is 0. The second-order valence-corrected chi connectivity index (χ2v) is 5.84. The molecule has 0 aliphatic heterocycles. The number of halogens is 2. The summed E-state index contributed by atoms with van der Waals surface area (Å²) in [4.78, 5) is 0. The van der Waals surface area contributed by atoms with E-state index in [4.69, 9.17) is 28.9 Å². The van der Waals surface area contributed by atoms with E-state index in [0.717, 1.165) is 12.8 Å². The van der Waals surface area contributed by atoms with Crippen LogP contribution in [0.1, 0.15) is 24.8 Å². The third kappa shape index (κ3) is 2.53. The van der Waals surface area contributed by atoms with E-state index in [2.05, 4.69) is 16.5 Å². The van der Waals surface area contributed by atoms with Gasteiger partial charge in [0.25, 0.3) is 0 Å². The van der Waals surface area contributed by atoms with Crippen molar-refractivity contribution in [1.82, 2.24) is 9.78 Å². The standard InChI is InChI=1S/C14H13Cl2N5/c15-8-4-5-12(11(16)6-8)21-13(18)10(7-17)14(20-21)19-9-2-1-3-9/h4-6,9H,1-3,18H2,(H,19,20). The van der Waals surface area contributed by atoms with Crippen molar-refractivity contribution < 1.29 is 0 Å². The van der Waals surface area contributed by atoms with Gasteiger partial charge in [0.2, 0.25) is 0 Å². The number of nitrogens with two attached hydrogens (primary N) is 1. The largest absolute Gasteiger partial charge is 0.382 e. The molecule has 2 aromatic rings. The Bertz CT molecular complexity index is 728. The topological polar surface area (TPSA) is 79.7 Å². The molecule has 1 aliphatic rings. The molecule has 1 heterocycles. The van der Waals surface area contributed by atoms with Crippen molar-refractivity contribution in [3.63, 3.8) is 0 Å². The number of anilines is 2. The van der Waals surface area contributed by atoms with E-state index in [9.17, 15) is 5.26 Å². The Morgan fingerprint density at radius 2 is 2.14 bits per heavy atom. The summed E-state index contributed by atoms with van der Waals surface area (Å²) in [5.41, 5.74) is 6.97. The van der Waals surface area contributed by atoms with Gasteiger partial charge in [-0.1, -0.05) is 23.2 Å². The minimum absolute atomic E-state index is 0.267. The maximum atomic E-state index is 9.30. The lowest BCUT2D eigenvalue weighted by Crippen LogP contribution is -2.27. The first-order valence-corrected chi connectivity index (χ1v) is 7.36. The Morgan fingerprint density at radius 3 is 2.71 bits per heavy atom. The average Bonchev–Trinajstić information content (AvgIpc) is 2.70. The van der Waals surface area contributed by atoms with Crippen LogP contribution < -0.4 is 11.1 Å². The number of hydrogen-bond acceptors (Lipinski definition) is 4. The molecule has 5 nitrogen and oxygen atoms in total. The van der Waals surface area contributed by atoms with Gasteiger partial charge in [-0.3, -0.25) is 0 Å². The molecule has 3 N–H and O–H groups in total. The molecule has 3 rings (SSSR count). The summed E-state index contributed by atoms with van der Waals surface area (Å²) in [5, 5.41) is 17.9. The predicted molar refractivity (Wildman–Crippen MR) is 84.0 cm³/mol. The minimum Gasteiger partial charge on any atom is -0.382 e. The molecule has 1 aliphatic carbocycles. The molecule has 0 unspecified atom stereocenters. The van der Waals surface area contributed by atoms with E-state index in [1.807, 2.05) is 0 Å². The van der Waals surface area contributed by atoms with Crippen molar-refractivity contribution in [3.8, 4) is 11.8 Å². The summed E-state index contributed by atoms with van der Waals surface area (Å²) in [6.07, 6.45) is 3.36. The predicted octanol–water partition coefficient (Wildman–Crippen LogP) is 3.60. The molecule has 1 aromatic carbocycles. The first kappa shape index (κ1) is 14.1. The van der Waals surface area contributed by atoms with Crippen LogP contribution >= 0.6 is 23.2 Å². The third-order valence-corrected chi connectivity index (χ3v) is 4.15. The van der Waals surface area contributed by atoms with Crippen molar-refractivity contribution >= 4 is 34.8 Å². The molecule has 0 bridgehead atoms. The summed E-state index contributed by atoms with van der Waals surface area (Å²) >= 11 is 12.1. The van der Waals surface area contributed by atoms with Crippen LogP contribution in [0, 0.1) is 11.3 Å². The van der Waals surface area contributed by atoms with Crippen LogP contribution in [-0.2, 0) is 0 Å². The number of hydrogen-bond donors (Lipinski definition) is 2. The molecular weight excluding hydrogens is 309 g/mol. The SMILES string of the molecule is N#Cc1c(NC2CCC2)nn(-c2ccc(Cl)cc2Cl)c1N. The second kappa shape index (κ2) is 5.47. The number of nitrogens with zero attached hydrogens (tertiary/aromatic N) is 3. The molecule has 0 saturated heterocycles. The first-order chi connectivity index (χ1) is 10.1. The monoisotopic (exact) mass is 321 g/mol. The Balaban J connectivity index is 2.04. The Hall–Kier alpha value is -1.90. The molecule has 21 heavy (non-hydrogen) atoms. The maximum absolute atomic E-state index is 9.30. The molecule has 108 valence electrons. The highest BCUT2D eigenvalue weighted by molar-refractivity contribution is 6.35. The van der Waals surface area contributed by atoms with Crippen molar-refractivity contribution in [2.24, 2.45) is 0 Å². The zero-order valence-electron chi connectivity index (χ0n) is 11.1. The van der Waals surface area contributed by atoms with Crippen LogP contribution in [0.5, 0.6) is 0 Å².